The lowest BCUT2D eigenvalue weighted by molar-refractivity contribution is -0.130. The van der Waals surface area contributed by atoms with E-state index >= 15 is 0 Å². The molecule has 8 heteroatoms. The third kappa shape index (κ3) is 5.52. The standard InChI is InChI=1S/C27H34N6O2/c1-19(34)33-12-3-5-22(18-33)16-25-26(29-10-9-28-25)27(35)32-11-2-4-20(8-13-32)14-21-6-7-24-23(15-21)17-30-31-24/h6-7,9-10,15,17,20,22H,2-5,8,11-14,16,18H2,1H3,(H,30,31)/t20-,22-/m1/s1. The van der Waals surface area contributed by atoms with Crippen molar-refractivity contribution in [1.82, 2.24) is 30.0 Å². The number of fused-ring (bicyclic) bond motifs is 1. The van der Waals surface area contributed by atoms with Gasteiger partial charge in [0.05, 0.1) is 17.4 Å². The Bertz CT molecular complexity index is 1190. The Morgan fingerprint density at radius 2 is 1.77 bits per heavy atom. The van der Waals surface area contributed by atoms with E-state index in [-0.39, 0.29) is 11.8 Å². The van der Waals surface area contributed by atoms with E-state index in [2.05, 4.69) is 38.4 Å². The second-order valence-electron chi connectivity index (χ2n) is 10.1. The van der Waals surface area contributed by atoms with Gasteiger partial charge in [0.1, 0.15) is 5.69 Å². The van der Waals surface area contributed by atoms with Crippen molar-refractivity contribution in [2.24, 2.45) is 11.8 Å². The Hall–Kier alpha value is -3.29. The van der Waals surface area contributed by atoms with Gasteiger partial charge >= 0.3 is 0 Å². The van der Waals surface area contributed by atoms with Crippen LogP contribution in [0.25, 0.3) is 10.9 Å². The molecule has 2 aliphatic rings. The number of piperidine rings is 1. The van der Waals surface area contributed by atoms with Gasteiger partial charge in [-0.25, -0.2) is 4.98 Å². The minimum atomic E-state index is -0.00667. The molecule has 5 rings (SSSR count). The van der Waals surface area contributed by atoms with E-state index in [4.69, 9.17) is 0 Å². The molecule has 0 saturated carbocycles. The van der Waals surface area contributed by atoms with E-state index in [1.165, 1.54) is 5.56 Å². The summed E-state index contributed by atoms with van der Waals surface area (Å²) < 4.78 is 0. The zero-order valence-electron chi connectivity index (χ0n) is 20.4. The maximum atomic E-state index is 13.5. The van der Waals surface area contributed by atoms with Crippen LogP contribution >= 0.6 is 0 Å². The van der Waals surface area contributed by atoms with Crippen molar-refractivity contribution in [3.8, 4) is 0 Å². The minimum Gasteiger partial charge on any atom is -0.343 e. The average molecular weight is 475 g/mol. The highest BCUT2D eigenvalue weighted by Crippen LogP contribution is 2.26. The summed E-state index contributed by atoms with van der Waals surface area (Å²) in [5, 5.41) is 8.27. The van der Waals surface area contributed by atoms with Gasteiger partial charge in [0, 0.05) is 50.9 Å². The van der Waals surface area contributed by atoms with Gasteiger partial charge in [-0.2, -0.15) is 5.10 Å². The molecule has 184 valence electrons. The number of aromatic amines is 1. The predicted octanol–water partition coefficient (Wildman–Crippen LogP) is 3.64. The number of likely N-dealkylation sites (tertiary alicyclic amines) is 2. The molecule has 0 bridgehead atoms. The lowest BCUT2D eigenvalue weighted by Gasteiger charge is -2.32. The van der Waals surface area contributed by atoms with Crippen LogP contribution in [-0.2, 0) is 17.6 Å². The molecule has 8 nitrogen and oxygen atoms in total. The number of hydrogen-bond acceptors (Lipinski definition) is 5. The fraction of sp³-hybridized carbons (Fsp3) is 0.519. The fourth-order valence-electron chi connectivity index (χ4n) is 5.66. The van der Waals surface area contributed by atoms with Crippen LogP contribution in [0.1, 0.15) is 60.8 Å². The highest BCUT2D eigenvalue weighted by molar-refractivity contribution is 5.93. The lowest BCUT2D eigenvalue weighted by atomic mass is 9.92. The van der Waals surface area contributed by atoms with Gasteiger partial charge < -0.3 is 9.80 Å². The molecule has 2 saturated heterocycles. The Morgan fingerprint density at radius 3 is 2.63 bits per heavy atom. The first-order valence-corrected chi connectivity index (χ1v) is 12.8. The van der Waals surface area contributed by atoms with Gasteiger partial charge in [0.25, 0.3) is 5.91 Å². The molecule has 2 aromatic heterocycles. The normalized spacial score (nSPS) is 21.2. The topological polar surface area (TPSA) is 95.1 Å². The van der Waals surface area contributed by atoms with Crippen molar-refractivity contribution < 1.29 is 9.59 Å². The maximum absolute atomic E-state index is 13.5. The Labute approximate surface area is 206 Å². The highest BCUT2D eigenvalue weighted by atomic mass is 16.2. The molecule has 1 N–H and O–H groups in total. The summed E-state index contributed by atoms with van der Waals surface area (Å²) in [6, 6.07) is 6.50. The number of aromatic nitrogens is 4. The summed E-state index contributed by atoms with van der Waals surface area (Å²) in [5.74, 6) is 0.983. The molecule has 3 aromatic rings. The van der Waals surface area contributed by atoms with Crippen molar-refractivity contribution in [2.45, 2.75) is 51.9 Å². The summed E-state index contributed by atoms with van der Waals surface area (Å²) >= 11 is 0. The number of benzene rings is 1. The highest BCUT2D eigenvalue weighted by Gasteiger charge is 2.28. The van der Waals surface area contributed by atoms with E-state index < -0.39 is 0 Å². The number of rotatable bonds is 5. The first kappa shape index (κ1) is 23.5. The molecule has 35 heavy (non-hydrogen) atoms. The van der Waals surface area contributed by atoms with Crippen molar-refractivity contribution in [2.75, 3.05) is 26.2 Å². The third-order valence-corrected chi connectivity index (χ3v) is 7.59. The Morgan fingerprint density at radius 1 is 0.971 bits per heavy atom. The lowest BCUT2D eigenvalue weighted by Crippen LogP contribution is -2.39. The summed E-state index contributed by atoms with van der Waals surface area (Å²) in [5.41, 5.74) is 3.64. The monoisotopic (exact) mass is 474 g/mol. The maximum Gasteiger partial charge on any atom is 0.274 e. The zero-order valence-corrected chi connectivity index (χ0v) is 20.4. The van der Waals surface area contributed by atoms with Crippen LogP contribution in [0.3, 0.4) is 0 Å². The average Bonchev–Trinajstić information content (AvgIpc) is 3.21. The van der Waals surface area contributed by atoms with Crippen LogP contribution in [0.15, 0.2) is 36.8 Å². The van der Waals surface area contributed by atoms with Crippen molar-refractivity contribution in [3.05, 3.63) is 53.7 Å². The summed E-state index contributed by atoms with van der Waals surface area (Å²) in [7, 11) is 0. The van der Waals surface area contributed by atoms with Crippen LogP contribution < -0.4 is 0 Å². The number of amides is 2. The van der Waals surface area contributed by atoms with Crippen LogP contribution in [0.5, 0.6) is 0 Å². The molecule has 1 aromatic carbocycles. The first-order valence-electron chi connectivity index (χ1n) is 12.8. The number of carbonyl (C=O) groups excluding carboxylic acids is 2. The molecule has 0 unspecified atom stereocenters. The van der Waals surface area contributed by atoms with Crippen molar-refractivity contribution >= 4 is 22.7 Å². The molecule has 0 radical (unpaired) electrons. The minimum absolute atomic E-state index is 0.00667. The molecule has 0 aliphatic carbocycles. The Kier molecular flexibility index (Phi) is 7.06. The number of nitrogens with one attached hydrogen (secondary N) is 1. The predicted molar refractivity (Wildman–Crippen MR) is 134 cm³/mol. The van der Waals surface area contributed by atoms with E-state index in [1.54, 1.807) is 19.3 Å². The van der Waals surface area contributed by atoms with E-state index in [9.17, 15) is 9.59 Å². The van der Waals surface area contributed by atoms with Crippen LogP contribution in [0.4, 0.5) is 0 Å². The molecule has 0 spiro atoms. The second-order valence-corrected chi connectivity index (χ2v) is 10.1. The smallest absolute Gasteiger partial charge is 0.274 e. The van der Waals surface area contributed by atoms with Gasteiger partial charge in [-0.05, 0) is 74.5 Å². The van der Waals surface area contributed by atoms with E-state index in [0.29, 0.717) is 24.0 Å². The molecule has 2 aliphatic heterocycles. The quantitative estimate of drug-likeness (QED) is 0.609. The summed E-state index contributed by atoms with van der Waals surface area (Å²) in [6.45, 7) is 4.68. The molecule has 2 amide bonds. The van der Waals surface area contributed by atoms with Crippen molar-refractivity contribution in [3.63, 3.8) is 0 Å². The van der Waals surface area contributed by atoms with Gasteiger partial charge in [0.2, 0.25) is 5.91 Å². The van der Waals surface area contributed by atoms with Gasteiger partial charge in [-0.3, -0.25) is 19.7 Å². The fourth-order valence-corrected chi connectivity index (χ4v) is 5.66. The molecule has 4 heterocycles. The van der Waals surface area contributed by atoms with Crippen LogP contribution in [0, 0.1) is 11.8 Å². The summed E-state index contributed by atoms with van der Waals surface area (Å²) in [4.78, 5) is 38.2. The summed E-state index contributed by atoms with van der Waals surface area (Å²) in [6.07, 6.45) is 12.0. The zero-order chi connectivity index (χ0) is 24.2. The van der Waals surface area contributed by atoms with Crippen LogP contribution in [0.2, 0.25) is 0 Å². The second kappa shape index (κ2) is 10.5. The molecule has 2 atom stereocenters. The number of H-pyrrole nitrogens is 1. The number of nitrogens with zero attached hydrogens (tertiary/aromatic N) is 5. The molecular formula is C27H34N6O2. The number of carbonyl (C=O) groups is 2. The molecular weight excluding hydrogens is 440 g/mol. The number of hydrogen-bond donors (Lipinski definition) is 1. The largest absolute Gasteiger partial charge is 0.343 e. The SMILES string of the molecule is CC(=O)N1CCC[C@H](Cc2nccnc2C(=O)N2CCC[C@@H](Cc3ccc4[nH]ncc4c3)CC2)C1. The van der Waals surface area contributed by atoms with Gasteiger partial charge in [-0.15, -0.1) is 0 Å². The van der Waals surface area contributed by atoms with Gasteiger partial charge in [-0.1, -0.05) is 6.07 Å². The Balaban J connectivity index is 1.22. The molecule has 2 fully saturated rings. The van der Waals surface area contributed by atoms with Crippen LogP contribution in [-0.4, -0.2) is 68.0 Å². The van der Waals surface area contributed by atoms with Gasteiger partial charge in [0.15, 0.2) is 0 Å². The third-order valence-electron chi connectivity index (χ3n) is 7.59. The van der Waals surface area contributed by atoms with E-state index in [0.717, 1.165) is 81.3 Å². The van der Waals surface area contributed by atoms with Crippen molar-refractivity contribution in [1.29, 1.82) is 0 Å². The first-order chi connectivity index (χ1) is 17.1. The van der Waals surface area contributed by atoms with E-state index in [1.807, 2.05) is 16.0 Å².